The molecule has 0 radical (unpaired) electrons. The lowest BCUT2D eigenvalue weighted by atomic mass is 10.3. The second-order valence-corrected chi connectivity index (χ2v) is 2.89. The first-order valence-electron chi connectivity index (χ1n) is 4.52. The number of carbonyl (C=O) groups excluding carboxylic acids is 1. The summed E-state index contributed by atoms with van der Waals surface area (Å²) in [6.07, 6.45) is 1.64. The van der Waals surface area contributed by atoms with Crippen molar-refractivity contribution in [2.75, 3.05) is 6.54 Å². The topological polar surface area (TPSA) is 101 Å². The van der Waals surface area contributed by atoms with Gasteiger partial charge in [0.25, 0.3) is 0 Å². The second kappa shape index (κ2) is 5.50. The SMILES string of the molecule is CC(=O)NCCC#Cc1nc[nH]c1[N+](=O)[O-]. The van der Waals surface area contributed by atoms with Gasteiger partial charge in [0.15, 0.2) is 6.33 Å². The third kappa shape index (κ3) is 3.42. The van der Waals surface area contributed by atoms with E-state index < -0.39 is 4.92 Å². The van der Waals surface area contributed by atoms with Crippen LogP contribution in [0.3, 0.4) is 0 Å². The average molecular weight is 222 g/mol. The number of hydrogen-bond acceptors (Lipinski definition) is 4. The molecule has 2 N–H and O–H groups in total. The summed E-state index contributed by atoms with van der Waals surface area (Å²) in [5, 5.41) is 13.0. The van der Waals surface area contributed by atoms with Crippen LogP contribution in [0.4, 0.5) is 5.82 Å². The predicted molar refractivity (Wildman–Crippen MR) is 55.4 cm³/mol. The number of amides is 1. The number of hydrogen-bond donors (Lipinski definition) is 2. The molecule has 0 spiro atoms. The van der Waals surface area contributed by atoms with Gasteiger partial charge >= 0.3 is 5.82 Å². The number of rotatable bonds is 3. The number of nitro groups is 1. The fraction of sp³-hybridized carbons (Fsp3) is 0.333. The van der Waals surface area contributed by atoms with Crippen molar-refractivity contribution in [3.8, 4) is 11.8 Å². The fourth-order valence-corrected chi connectivity index (χ4v) is 0.965. The van der Waals surface area contributed by atoms with Crippen molar-refractivity contribution in [2.24, 2.45) is 0 Å². The first kappa shape index (κ1) is 11.7. The molecule has 0 saturated carbocycles. The smallest absolute Gasteiger partial charge is 0.356 e. The molecule has 0 saturated heterocycles. The summed E-state index contributed by atoms with van der Waals surface area (Å²) in [6.45, 7) is 1.83. The van der Waals surface area contributed by atoms with Crippen molar-refractivity contribution in [2.45, 2.75) is 13.3 Å². The molecule has 1 heterocycles. The fourth-order valence-electron chi connectivity index (χ4n) is 0.965. The molecule has 7 heteroatoms. The zero-order valence-electron chi connectivity index (χ0n) is 8.61. The van der Waals surface area contributed by atoms with Gasteiger partial charge < -0.3 is 15.4 Å². The van der Waals surface area contributed by atoms with Crippen LogP contribution in [0.5, 0.6) is 0 Å². The third-order valence-electron chi connectivity index (χ3n) is 1.63. The van der Waals surface area contributed by atoms with Crippen molar-refractivity contribution in [1.82, 2.24) is 15.3 Å². The zero-order chi connectivity index (χ0) is 12.0. The van der Waals surface area contributed by atoms with Crippen molar-refractivity contribution in [3.63, 3.8) is 0 Å². The van der Waals surface area contributed by atoms with E-state index in [1.807, 2.05) is 0 Å². The van der Waals surface area contributed by atoms with Gasteiger partial charge in [0.1, 0.15) is 0 Å². The Kier molecular flexibility index (Phi) is 4.03. The van der Waals surface area contributed by atoms with E-state index in [1.54, 1.807) is 0 Å². The number of imidazole rings is 1. The van der Waals surface area contributed by atoms with Crippen LogP contribution in [0.2, 0.25) is 0 Å². The Bertz CT molecular complexity index is 455. The quantitative estimate of drug-likeness (QED) is 0.330. The molecule has 84 valence electrons. The highest BCUT2D eigenvalue weighted by Gasteiger charge is 2.11. The van der Waals surface area contributed by atoms with Crippen molar-refractivity contribution in [3.05, 3.63) is 22.1 Å². The van der Waals surface area contributed by atoms with Gasteiger partial charge in [0.05, 0.1) is 0 Å². The largest absolute Gasteiger partial charge is 0.358 e. The van der Waals surface area contributed by atoms with E-state index in [4.69, 9.17) is 0 Å². The van der Waals surface area contributed by atoms with E-state index >= 15 is 0 Å². The molecule has 7 nitrogen and oxygen atoms in total. The Morgan fingerprint density at radius 3 is 3.12 bits per heavy atom. The maximum atomic E-state index is 10.5. The molecule has 0 aromatic carbocycles. The van der Waals surface area contributed by atoms with E-state index in [0.29, 0.717) is 13.0 Å². The minimum atomic E-state index is -0.579. The number of aromatic amines is 1. The molecule has 0 unspecified atom stereocenters. The summed E-state index contributed by atoms with van der Waals surface area (Å²) in [6, 6.07) is 0. The molecule has 0 bridgehead atoms. The third-order valence-corrected chi connectivity index (χ3v) is 1.63. The molecule has 1 amide bonds. The molecule has 1 rings (SSSR count). The molecule has 1 aromatic heterocycles. The van der Waals surface area contributed by atoms with Gasteiger partial charge in [0.2, 0.25) is 11.6 Å². The Labute approximate surface area is 91.4 Å². The summed E-state index contributed by atoms with van der Waals surface area (Å²) >= 11 is 0. The maximum Gasteiger partial charge on any atom is 0.356 e. The first-order valence-corrected chi connectivity index (χ1v) is 4.52. The van der Waals surface area contributed by atoms with Crippen molar-refractivity contribution >= 4 is 11.7 Å². The summed E-state index contributed by atoms with van der Waals surface area (Å²) in [5.74, 6) is 4.90. The highest BCUT2D eigenvalue weighted by Crippen LogP contribution is 2.09. The lowest BCUT2D eigenvalue weighted by Crippen LogP contribution is -2.20. The van der Waals surface area contributed by atoms with E-state index in [-0.39, 0.29) is 17.4 Å². The van der Waals surface area contributed by atoms with Gasteiger partial charge in [0, 0.05) is 19.9 Å². The number of carbonyl (C=O) groups is 1. The molecular formula is C9H10N4O3. The Morgan fingerprint density at radius 1 is 1.75 bits per heavy atom. The number of H-pyrrole nitrogens is 1. The molecule has 0 aliphatic heterocycles. The summed E-state index contributed by atoms with van der Waals surface area (Å²) in [5.41, 5.74) is 0.104. The Morgan fingerprint density at radius 2 is 2.50 bits per heavy atom. The van der Waals surface area contributed by atoms with Crippen LogP contribution in [0, 0.1) is 22.0 Å². The molecule has 0 fully saturated rings. The summed E-state index contributed by atoms with van der Waals surface area (Å²) in [4.78, 5) is 26.5. The Hall–Kier alpha value is -2.36. The van der Waals surface area contributed by atoms with Crippen molar-refractivity contribution in [1.29, 1.82) is 0 Å². The summed E-state index contributed by atoms with van der Waals surface area (Å²) in [7, 11) is 0. The zero-order valence-corrected chi connectivity index (χ0v) is 8.61. The van der Waals surface area contributed by atoms with E-state index in [9.17, 15) is 14.9 Å². The van der Waals surface area contributed by atoms with Gasteiger partial charge in [-0.1, -0.05) is 5.92 Å². The standard InChI is InChI=1S/C9H10N4O3/c1-7(14)10-5-3-2-4-8-9(13(15)16)12-6-11-8/h6H,3,5H2,1H3,(H,10,14)(H,11,12). The van der Waals surface area contributed by atoms with Gasteiger partial charge in [-0.05, 0) is 10.8 Å². The molecule has 0 aliphatic rings. The van der Waals surface area contributed by atoms with E-state index in [2.05, 4.69) is 27.1 Å². The van der Waals surface area contributed by atoms with Gasteiger partial charge in [-0.15, -0.1) is 0 Å². The van der Waals surface area contributed by atoms with Crippen molar-refractivity contribution < 1.29 is 9.72 Å². The van der Waals surface area contributed by atoms with Gasteiger partial charge in [-0.2, -0.15) is 4.98 Å². The van der Waals surface area contributed by atoms with Gasteiger partial charge in [-0.25, -0.2) is 4.98 Å². The van der Waals surface area contributed by atoms with Crippen LogP contribution in [-0.4, -0.2) is 27.3 Å². The number of nitrogens with one attached hydrogen (secondary N) is 2. The highest BCUT2D eigenvalue weighted by atomic mass is 16.6. The monoisotopic (exact) mass is 222 g/mol. The molecule has 1 aromatic rings. The minimum Gasteiger partial charge on any atom is -0.358 e. The summed E-state index contributed by atoms with van der Waals surface area (Å²) < 4.78 is 0. The van der Waals surface area contributed by atoms with Crippen LogP contribution in [0.1, 0.15) is 19.0 Å². The molecule has 0 aliphatic carbocycles. The molecular weight excluding hydrogens is 212 g/mol. The number of aromatic nitrogens is 2. The number of nitrogens with zero attached hydrogens (tertiary/aromatic N) is 2. The highest BCUT2D eigenvalue weighted by molar-refractivity contribution is 5.72. The first-order chi connectivity index (χ1) is 7.61. The van der Waals surface area contributed by atoms with Crippen LogP contribution < -0.4 is 5.32 Å². The lowest BCUT2D eigenvalue weighted by Gasteiger charge is -1.94. The maximum absolute atomic E-state index is 10.5. The molecule has 0 atom stereocenters. The minimum absolute atomic E-state index is 0.104. The predicted octanol–water partition coefficient (Wildman–Crippen LogP) is 0.196. The van der Waals surface area contributed by atoms with Crippen LogP contribution in [0.15, 0.2) is 6.33 Å². The van der Waals surface area contributed by atoms with Crippen LogP contribution in [-0.2, 0) is 4.79 Å². The average Bonchev–Trinajstić information content (AvgIpc) is 2.65. The van der Waals surface area contributed by atoms with Crippen LogP contribution in [0.25, 0.3) is 0 Å². The second-order valence-electron chi connectivity index (χ2n) is 2.89. The van der Waals surface area contributed by atoms with Crippen LogP contribution >= 0.6 is 0 Å². The molecule has 16 heavy (non-hydrogen) atoms. The normalized spacial score (nSPS) is 9.06. The lowest BCUT2D eigenvalue weighted by molar-refractivity contribution is -0.389. The van der Waals surface area contributed by atoms with E-state index in [1.165, 1.54) is 13.3 Å². The van der Waals surface area contributed by atoms with E-state index in [0.717, 1.165) is 0 Å². The van der Waals surface area contributed by atoms with Gasteiger partial charge in [-0.3, -0.25) is 4.79 Å². The Balaban J connectivity index is 2.53.